The Morgan fingerprint density at radius 1 is 0.933 bits per heavy atom. The molecule has 4 rings (SSSR count). The van der Waals surface area contributed by atoms with Gasteiger partial charge in [0.15, 0.2) is 0 Å². The minimum absolute atomic E-state index is 0. The molecule has 4 aliphatic carbocycles. The Kier molecular flexibility index (Phi) is 7.67. The Morgan fingerprint density at radius 2 is 1.67 bits per heavy atom. The van der Waals surface area contributed by atoms with Crippen molar-refractivity contribution in [3.8, 4) is 0 Å². The predicted octanol–water partition coefficient (Wildman–Crippen LogP) is 9.86. The van der Waals surface area contributed by atoms with Gasteiger partial charge in [0.25, 0.3) is 0 Å². The standard InChI is InChI=1S/C28H46.C2H6.H2/c1-19(2)8-7-9-21(4)24-12-13-25-23-11-10-22-18-20(3)14-16-27(22,5)26(23)15-17-28(24,25)6;1-2;/h10-11,19-21,24-26H,7-9,12-18H2,1-6H3;1-2H3;1H/t20?,21-,24?,25-,26-,27-,28+;;/m0../s1. The van der Waals surface area contributed by atoms with Gasteiger partial charge in [-0.05, 0) is 91.3 Å². The monoisotopic (exact) mass is 414 g/mol. The lowest BCUT2D eigenvalue weighted by Gasteiger charge is -2.55. The van der Waals surface area contributed by atoms with E-state index in [0.717, 1.165) is 35.5 Å². The summed E-state index contributed by atoms with van der Waals surface area (Å²) < 4.78 is 0. The van der Waals surface area contributed by atoms with Crippen molar-refractivity contribution in [2.45, 2.75) is 120 Å². The molecule has 0 amide bonds. The zero-order valence-corrected chi connectivity index (χ0v) is 21.7. The maximum Gasteiger partial charge on any atom is 0 e. The fourth-order valence-corrected chi connectivity index (χ4v) is 8.21. The van der Waals surface area contributed by atoms with Gasteiger partial charge in [0.1, 0.15) is 0 Å². The summed E-state index contributed by atoms with van der Waals surface area (Å²) in [5, 5.41) is 0. The predicted molar refractivity (Wildman–Crippen MR) is 136 cm³/mol. The Balaban J connectivity index is 0.00000111. The molecule has 7 atom stereocenters. The van der Waals surface area contributed by atoms with Crippen molar-refractivity contribution in [2.24, 2.45) is 46.3 Å². The summed E-state index contributed by atoms with van der Waals surface area (Å²) in [5.74, 6) is 5.35. The zero-order valence-electron chi connectivity index (χ0n) is 21.7. The first-order chi connectivity index (χ1) is 14.3. The first-order valence-electron chi connectivity index (χ1n) is 13.7. The van der Waals surface area contributed by atoms with Crippen LogP contribution in [0.4, 0.5) is 0 Å². The second kappa shape index (κ2) is 9.54. The van der Waals surface area contributed by atoms with Crippen LogP contribution in [0, 0.1) is 46.3 Å². The van der Waals surface area contributed by atoms with Crippen LogP contribution in [-0.2, 0) is 0 Å². The average molecular weight is 415 g/mol. The van der Waals surface area contributed by atoms with E-state index >= 15 is 0 Å². The van der Waals surface area contributed by atoms with E-state index in [1.54, 1.807) is 5.57 Å². The summed E-state index contributed by atoms with van der Waals surface area (Å²) in [7, 11) is 0. The molecule has 0 heteroatoms. The van der Waals surface area contributed by atoms with Crippen molar-refractivity contribution in [1.29, 1.82) is 0 Å². The maximum atomic E-state index is 2.69. The molecule has 0 N–H and O–H groups in total. The summed E-state index contributed by atoms with van der Waals surface area (Å²) in [4.78, 5) is 0. The maximum absolute atomic E-state index is 2.69. The van der Waals surface area contributed by atoms with E-state index in [-0.39, 0.29) is 1.43 Å². The van der Waals surface area contributed by atoms with Crippen LogP contribution in [0.25, 0.3) is 0 Å². The number of fused-ring (bicyclic) bond motifs is 5. The van der Waals surface area contributed by atoms with E-state index in [9.17, 15) is 0 Å². The third kappa shape index (κ3) is 4.23. The van der Waals surface area contributed by atoms with E-state index in [0.29, 0.717) is 10.8 Å². The highest BCUT2D eigenvalue weighted by Gasteiger charge is 2.56. The Hall–Kier alpha value is -0.520. The molecule has 0 saturated heterocycles. The zero-order chi connectivity index (χ0) is 22.1. The number of hydrogen-bond acceptors (Lipinski definition) is 0. The third-order valence-electron chi connectivity index (χ3n) is 10.0. The molecule has 0 bridgehead atoms. The van der Waals surface area contributed by atoms with Crippen molar-refractivity contribution >= 4 is 0 Å². The van der Waals surface area contributed by atoms with Gasteiger partial charge in [-0.2, -0.15) is 0 Å². The fourth-order valence-electron chi connectivity index (χ4n) is 8.21. The van der Waals surface area contributed by atoms with Crippen LogP contribution in [0.3, 0.4) is 0 Å². The van der Waals surface area contributed by atoms with Crippen molar-refractivity contribution < 1.29 is 1.43 Å². The van der Waals surface area contributed by atoms with Crippen molar-refractivity contribution in [3.05, 3.63) is 23.3 Å². The van der Waals surface area contributed by atoms with E-state index in [1.165, 1.54) is 64.2 Å². The van der Waals surface area contributed by atoms with Crippen molar-refractivity contribution in [2.75, 3.05) is 0 Å². The van der Waals surface area contributed by atoms with Crippen LogP contribution >= 0.6 is 0 Å². The number of hydrogen-bond donors (Lipinski definition) is 0. The molecule has 30 heavy (non-hydrogen) atoms. The summed E-state index contributed by atoms with van der Waals surface area (Å²) in [6.45, 7) is 19.1. The minimum atomic E-state index is 0. The second-order valence-corrected chi connectivity index (χ2v) is 12.3. The Bertz CT molecular complexity index is 643. The van der Waals surface area contributed by atoms with Gasteiger partial charge in [0.05, 0.1) is 0 Å². The lowest BCUT2D eigenvalue weighted by molar-refractivity contribution is 0.0447. The van der Waals surface area contributed by atoms with Crippen LogP contribution in [0.15, 0.2) is 23.3 Å². The molecule has 174 valence electrons. The van der Waals surface area contributed by atoms with Crippen molar-refractivity contribution in [1.82, 2.24) is 0 Å². The molecule has 0 spiro atoms. The van der Waals surface area contributed by atoms with Gasteiger partial charge in [-0.3, -0.25) is 0 Å². The van der Waals surface area contributed by atoms with Crippen LogP contribution in [0.2, 0.25) is 0 Å². The van der Waals surface area contributed by atoms with Gasteiger partial charge in [-0.15, -0.1) is 0 Å². The van der Waals surface area contributed by atoms with Crippen molar-refractivity contribution in [3.63, 3.8) is 0 Å². The molecule has 0 aromatic rings. The fraction of sp³-hybridized carbons (Fsp3) is 0.867. The van der Waals surface area contributed by atoms with Gasteiger partial charge in [-0.1, -0.05) is 98.0 Å². The highest BCUT2D eigenvalue weighted by molar-refractivity contribution is 5.38. The van der Waals surface area contributed by atoms with Crippen LogP contribution in [-0.4, -0.2) is 0 Å². The average Bonchev–Trinajstić information content (AvgIpc) is 3.07. The molecule has 4 aliphatic rings. The Labute approximate surface area is 190 Å². The van der Waals surface area contributed by atoms with E-state index in [2.05, 4.69) is 53.7 Å². The minimum Gasteiger partial charge on any atom is -0.0683 e. The van der Waals surface area contributed by atoms with Gasteiger partial charge in [-0.25, -0.2) is 0 Å². The van der Waals surface area contributed by atoms with E-state index in [1.807, 2.05) is 19.4 Å². The van der Waals surface area contributed by atoms with Crippen LogP contribution < -0.4 is 0 Å². The molecule has 0 heterocycles. The SMILES string of the molecule is CC.CC(C)CCC[C@H](C)C1CC[C@H]2C3=CC=C4CC(C)CC[C@]4(C)[C@H]3CC[C@]12C.[HH]. The quantitative estimate of drug-likeness (QED) is 0.420. The normalized spacial score (nSPS) is 41.0. The van der Waals surface area contributed by atoms with Crippen LogP contribution in [0.5, 0.6) is 0 Å². The third-order valence-corrected chi connectivity index (χ3v) is 10.0. The first kappa shape index (κ1) is 24.1. The number of allylic oxidation sites excluding steroid dienone is 4. The molecular formula is C30H54. The largest absolute Gasteiger partial charge is 0.0683 e. The highest BCUT2D eigenvalue weighted by Crippen LogP contribution is 2.66. The molecule has 3 fully saturated rings. The summed E-state index contributed by atoms with van der Waals surface area (Å²) in [5.41, 5.74) is 4.73. The highest BCUT2D eigenvalue weighted by atomic mass is 14.6. The lowest BCUT2D eigenvalue weighted by Crippen LogP contribution is -2.46. The van der Waals surface area contributed by atoms with Crippen LogP contribution in [0.1, 0.15) is 121 Å². The summed E-state index contributed by atoms with van der Waals surface area (Å²) in [6.07, 6.45) is 19.6. The molecule has 0 aromatic heterocycles. The second-order valence-electron chi connectivity index (χ2n) is 12.3. The number of rotatable bonds is 5. The van der Waals surface area contributed by atoms with Gasteiger partial charge >= 0.3 is 0 Å². The van der Waals surface area contributed by atoms with E-state index < -0.39 is 0 Å². The van der Waals surface area contributed by atoms with Gasteiger partial charge < -0.3 is 0 Å². The summed E-state index contributed by atoms with van der Waals surface area (Å²) in [6, 6.07) is 0. The summed E-state index contributed by atoms with van der Waals surface area (Å²) >= 11 is 0. The molecule has 2 unspecified atom stereocenters. The van der Waals surface area contributed by atoms with Gasteiger partial charge in [0.2, 0.25) is 0 Å². The molecular weight excluding hydrogens is 360 g/mol. The van der Waals surface area contributed by atoms with Gasteiger partial charge in [0, 0.05) is 1.43 Å². The topological polar surface area (TPSA) is 0 Å². The molecule has 0 aromatic carbocycles. The Morgan fingerprint density at radius 3 is 2.37 bits per heavy atom. The molecule has 0 aliphatic heterocycles. The lowest BCUT2D eigenvalue weighted by atomic mass is 9.49. The van der Waals surface area contributed by atoms with E-state index in [4.69, 9.17) is 0 Å². The molecule has 0 radical (unpaired) electrons. The smallest absolute Gasteiger partial charge is 0 e. The molecule has 0 nitrogen and oxygen atoms in total. The molecule has 3 saturated carbocycles. The first-order valence-corrected chi connectivity index (χ1v) is 13.7.